The first kappa shape index (κ1) is 32.8. The van der Waals surface area contributed by atoms with E-state index in [1.54, 1.807) is 0 Å². The highest BCUT2D eigenvalue weighted by Crippen LogP contribution is 2.13. The van der Waals surface area contributed by atoms with Gasteiger partial charge in [-0.1, -0.05) is 84.0 Å². The van der Waals surface area contributed by atoms with Gasteiger partial charge in [0.15, 0.2) is 0 Å². The zero-order chi connectivity index (χ0) is 15.1. The Kier molecular flexibility index (Phi) is 34.4. The van der Waals surface area contributed by atoms with E-state index in [-0.39, 0.29) is 71.9 Å². The van der Waals surface area contributed by atoms with Crippen molar-refractivity contribution in [1.29, 1.82) is 0 Å². The third-order valence-electron chi connectivity index (χ3n) is 4.18. The molecule has 0 atom stereocenters. The number of rotatable bonds is 15. The van der Waals surface area contributed by atoms with Crippen molar-refractivity contribution in [2.75, 3.05) is 27.7 Å². The third-order valence-corrected chi connectivity index (χ3v) is 4.18. The number of nitrogens with zero attached hydrogens (tertiary/aromatic N) is 1. The van der Waals surface area contributed by atoms with Crippen LogP contribution < -0.4 is 0 Å². The van der Waals surface area contributed by atoms with Gasteiger partial charge in [0.2, 0.25) is 0 Å². The van der Waals surface area contributed by atoms with E-state index in [2.05, 4.69) is 28.1 Å². The lowest BCUT2D eigenvalue weighted by molar-refractivity contribution is -0.870. The maximum absolute atomic E-state index is 2.29. The first-order valence-electron chi connectivity index (χ1n) is 9.36. The molecule has 0 N–H and O–H groups in total. The molecule has 0 aliphatic heterocycles. The fourth-order valence-corrected chi connectivity index (χ4v) is 2.78. The van der Waals surface area contributed by atoms with Gasteiger partial charge in [-0.15, -0.1) is 71.9 Å². The highest BCUT2D eigenvalue weighted by Gasteiger charge is 2.04. The van der Waals surface area contributed by atoms with Gasteiger partial charge in [0.1, 0.15) is 0 Å². The molecule has 0 amide bonds. The van der Waals surface area contributed by atoms with E-state index in [4.69, 9.17) is 0 Å². The quantitative estimate of drug-likeness (QED) is 0.0943. The Morgan fingerprint density at radius 3 is 0.957 bits per heavy atom. The van der Waals surface area contributed by atoms with Crippen molar-refractivity contribution in [2.24, 2.45) is 0 Å². The number of hydrogen-bond donors (Lipinski definition) is 0. The van der Waals surface area contributed by atoms with Gasteiger partial charge in [-0.3, -0.25) is 0 Å². The van der Waals surface area contributed by atoms with Gasteiger partial charge in [-0.05, 0) is 12.8 Å². The van der Waals surface area contributed by atoms with E-state index in [0.717, 1.165) is 4.48 Å². The van der Waals surface area contributed by atoms with E-state index >= 15 is 0 Å². The molecule has 0 heterocycles. The Hall–Kier alpha value is 2.15. The summed E-state index contributed by atoms with van der Waals surface area (Å²) in [6, 6.07) is 0. The molecule has 0 spiro atoms. The molecule has 0 aromatic carbocycles. The molecule has 0 aliphatic rings. The third kappa shape index (κ3) is 32.3. The smallest absolute Gasteiger partial charge is 0.0780 e. The second kappa shape index (κ2) is 24.1. The summed E-state index contributed by atoms with van der Waals surface area (Å²) in [6.45, 7) is 3.63. The minimum absolute atomic E-state index is 0. The summed E-state index contributed by atoms with van der Waals surface area (Å²) in [7, 11) is 6.88. The predicted molar refractivity (Wildman–Crippen MR) is 139 cm³/mol. The molecule has 0 unspecified atom stereocenters. The van der Waals surface area contributed by atoms with E-state index < -0.39 is 0 Å². The summed E-state index contributed by atoms with van der Waals surface area (Å²) in [5, 5.41) is 0. The summed E-state index contributed by atoms with van der Waals surface area (Å²) in [6.07, 6.45) is 20.4. The number of unbranched alkanes of at least 4 members (excludes halogenated alkanes) is 13. The highest BCUT2D eigenvalue weighted by atomic mass is 127. The van der Waals surface area contributed by atoms with Crippen LogP contribution in [0.15, 0.2) is 0 Å². The van der Waals surface area contributed by atoms with Gasteiger partial charge in [0.25, 0.3) is 0 Å². The minimum Gasteiger partial charge on any atom is -0.331 e. The topological polar surface area (TPSA) is 0 Å². The van der Waals surface area contributed by atoms with Gasteiger partial charge in [0, 0.05) is 0 Å². The molecule has 146 valence electrons. The standard InChI is InChI=1S/C19H42N.3HI/c1-5-6-7-8-9-10-11-12-13-14-15-16-17-18-19-20(2,3)4;;;/h5-19H2,1-4H3;3*1H/q+1;;;. The van der Waals surface area contributed by atoms with Crippen molar-refractivity contribution in [1.82, 2.24) is 0 Å². The second-order valence-corrected chi connectivity index (χ2v) is 7.61. The zero-order valence-electron chi connectivity index (χ0n) is 16.3. The normalized spacial score (nSPS) is 10.4. The summed E-state index contributed by atoms with van der Waals surface area (Å²) in [5.74, 6) is 0. The molecular formula is C19H45I3N+. The molecule has 0 rings (SSSR count). The van der Waals surface area contributed by atoms with Crippen molar-refractivity contribution in [3.63, 3.8) is 0 Å². The summed E-state index contributed by atoms with van der Waals surface area (Å²) < 4.78 is 1.12. The van der Waals surface area contributed by atoms with Crippen molar-refractivity contribution in [2.45, 2.75) is 96.8 Å². The van der Waals surface area contributed by atoms with Crippen LogP contribution in [0.2, 0.25) is 0 Å². The van der Waals surface area contributed by atoms with Crippen LogP contribution in [-0.2, 0) is 0 Å². The van der Waals surface area contributed by atoms with E-state index in [1.807, 2.05) is 0 Å². The molecular weight excluding hydrogens is 623 g/mol. The number of hydrogen-bond acceptors (Lipinski definition) is 0. The van der Waals surface area contributed by atoms with Crippen molar-refractivity contribution < 1.29 is 4.48 Å². The molecule has 0 radical (unpaired) electrons. The molecule has 0 aromatic heterocycles. The maximum Gasteiger partial charge on any atom is 0.0780 e. The summed E-state index contributed by atoms with van der Waals surface area (Å²) in [4.78, 5) is 0. The van der Waals surface area contributed by atoms with Crippen LogP contribution in [0.25, 0.3) is 0 Å². The lowest BCUT2D eigenvalue weighted by Gasteiger charge is -2.23. The van der Waals surface area contributed by atoms with E-state index in [9.17, 15) is 0 Å². The van der Waals surface area contributed by atoms with Crippen molar-refractivity contribution >= 4 is 71.9 Å². The van der Waals surface area contributed by atoms with Crippen LogP contribution in [0.5, 0.6) is 0 Å². The van der Waals surface area contributed by atoms with Crippen LogP contribution in [0.1, 0.15) is 96.8 Å². The molecule has 0 aromatic rings. The fraction of sp³-hybridized carbons (Fsp3) is 1.00. The van der Waals surface area contributed by atoms with Gasteiger partial charge in [0.05, 0.1) is 27.7 Å². The second-order valence-electron chi connectivity index (χ2n) is 7.61. The lowest BCUT2D eigenvalue weighted by atomic mass is 10.0. The fourth-order valence-electron chi connectivity index (χ4n) is 2.78. The Morgan fingerprint density at radius 2 is 0.696 bits per heavy atom. The Bertz CT molecular complexity index is 194. The van der Waals surface area contributed by atoms with Gasteiger partial charge >= 0.3 is 0 Å². The van der Waals surface area contributed by atoms with Crippen LogP contribution >= 0.6 is 71.9 Å². The molecule has 0 saturated heterocycles. The van der Waals surface area contributed by atoms with E-state index in [0.29, 0.717) is 0 Å². The Labute approximate surface area is 199 Å². The molecule has 4 heteroatoms. The monoisotopic (exact) mass is 668 g/mol. The van der Waals surface area contributed by atoms with Gasteiger partial charge in [-0.2, -0.15) is 0 Å². The van der Waals surface area contributed by atoms with Crippen molar-refractivity contribution in [3.8, 4) is 0 Å². The SMILES string of the molecule is CCCCCCCCCCCCCCCC[N+](C)(C)C.I.I.I. The summed E-state index contributed by atoms with van der Waals surface area (Å²) in [5.41, 5.74) is 0. The average molecular weight is 668 g/mol. The van der Waals surface area contributed by atoms with Crippen LogP contribution in [-0.4, -0.2) is 32.2 Å². The molecule has 0 saturated carbocycles. The number of quaternary nitrogens is 1. The molecule has 1 nitrogen and oxygen atoms in total. The van der Waals surface area contributed by atoms with Gasteiger partial charge in [-0.25, -0.2) is 0 Å². The van der Waals surface area contributed by atoms with Crippen LogP contribution in [0.4, 0.5) is 0 Å². The predicted octanol–water partition coefficient (Wildman–Crippen LogP) is 8.03. The van der Waals surface area contributed by atoms with Crippen molar-refractivity contribution in [3.05, 3.63) is 0 Å². The highest BCUT2D eigenvalue weighted by molar-refractivity contribution is 14.0. The molecule has 0 aliphatic carbocycles. The molecule has 0 bridgehead atoms. The minimum atomic E-state index is 0. The molecule has 23 heavy (non-hydrogen) atoms. The summed E-state index contributed by atoms with van der Waals surface area (Å²) >= 11 is 0. The first-order valence-corrected chi connectivity index (χ1v) is 9.36. The maximum atomic E-state index is 2.29. The van der Waals surface area contributed by atoms with Crippen LogP contribution in [0.3, 0.4) is 0 Å². The van der Waals surface area contributed by atoms with Crippen LogP contribution in [0, 0.1) is 0 Å². The largest absolute Gasteiger partial charge is 0.331 e. The number of halogens is 3. The Balaban J connectivity index is -0.000000602. The lowest BCUT2D eigenvalue weighted by Crippen LogP contribution is -2.35. The molecule has 0 fully saturated rings. The van der Waals surface area contributed by atoms with Gasteiger partial charge < -0.3 is 4.48 Å². The average Bonchev–Trinajstić information content (AvgIpc) is 2.38. The van der Waals surface area contributed by atoms with E-state index in [1.165, 1.54) is 96.4 Å². The first-order chi connectivity index (χ1) is 9.56. The zero-order valence-corrected chi connectivity index (χ0v) is 23.3. The Morgan fingerprint density at radius 1 is 0.435 bits per heavy atom.